The molecule has 0 spiro atoms. The van der Waals surface area contributed by atoms with E-state index in [0.29, 0.717) is 26.9 Å². The second-order valence-electron chi connectivity index (χ2n) is 3.21. The molecule has 0 bridgehead atoms. The van der Waals surface area contributed by atoms with Crippen LogP contribution in [0, 0.1) is 0 Å². The Hall–Kier alpha value is -0.840. The van der Waals surface area contributed by atoms with Crippen LogP contribution in [0.1, 0.15) is 0 Å². The molecule has 0 N–H and O–H groups in total. The van der Waals surface area contributed by atoms with E-state index in [4.69, 9.17) is 27.6 Å². The molecule has 1 aromatic carbocycles. The fourth-order valence-electron chi connectivity index (χ4n) is 1.58. The topological polar surface area (TPSA) is 38.9 Å². The van der Waals surface area contributed by atoms with Crippen molar-refractivity contribution in [2.75, 3.05) is 0 Å². The van der Waals surface area contributed by atoms with E-state index in [0.717, 1.165) is 9.86 Å². The number of halogens is 3. The zero-order valence-electron chi connectivity index (χ0n) is 7.67. The van der Waals surface area contributed by atoms with Crippen LogP contribution in [0.4, 0.5) is 0 Å². The fraction of sp³-hybridized carbons (Fsp3) is 0. The van der Waals surface area contributed by atoms with Gasteiger partial charge in [-0.05, 0) is 28.1 Å². The van der Waals surface area contributed by atoms with Crippen molar-refractivity contribution in [2.24, 2.45) is 0 Å². The summed E-state index contributed by atoms with van der Waals surface area (Å²) in [6.07, 6.45) is 1.40. The number of rotatable bonds is 0. The summed E-state index contributed by atoms with van der Waals surface area (Å²) in [7, 11) is 0. The second-order valence-corrected chi connectivity index (χ2v) is 4.86. The Balaban J connectivity index is 2.61. The van der Waals surface area contributed by atoms with Gasteiger partial charge >= 0.3 is 0 Å². The predicted octanol–water partition coefficient (Wildman–Crippen LogP) is 4.45. The average molecular weight is 318 g/mol. The first kappa shape index (κ1) is 10.3. The van der Waals surface area contributed by atoms with Crippen LogP contribution < -0.4 is 0 Å². The lowest BCUT2D eigenvalue weighted by atomic mass is 10.2. The molecule has 3 aromatic rings. The number of benzene rings is 1. The van der Waals surface area contributed by atoms with Gasteiger partial charge in [-0.25, -0.2) is 9.97 Å². The smallest absolute Gasteiger partial charge is 0.191 e. The largest absolute Gasteiger partial charge is 0.450 e. The lowest BCUT2D eigenvalue weighted by molar-refractivity contribution is 0.664. The summed E-state index contributed by atoms with van der Waals surface area (Å²) in [5.41, 5.74) is 1.81. The van der Waals surface area contributed by atoms with Gasteiger partial charge in [0.15, 0.2) is 16.3 Å². The van der Waals surface area contributed by atoms with Gasteiger partial charge in [0.1, 0.15) is 11.8 Å². The molecule has 0 saturated heterocycles. The Bertz CT molecular complexity index is 711. The minimum absolute atomic E-state index is 0.296. The van der Waals surface area contributed by atoms with Crippen LogP contribution in [0.15, 0.2) is 27.3 Å². The quantitative estimate of drug-likeness (QED) is 0.575. The summed E-state index contributed by atoms with van der Waals surface area (Å²) in [5, 5.41) is 1.72. The average Bonchev–Trinajstić information content (AvgIpc) is 2.59. The highest BCUT2D eigenvalue weighted by molar-refractivity contribution is 9.10. The monoisotopic (exact) mass is 316 g/mol. The molecular formula is C10H3BrCl2N2O. The Labute approximate surface area is 109 Å². The molecule has 2 aromatic heterocycles. The number of hydrogen-bond donors (Lipinski definition) is 0. The van der Waals surface area contributed by atoms with Crippen LogP contribution >= 0.6 is 39.1 Å². The maximum atomic E-state index is 5.97. The molecule has 0 atom stereocenters. The highest BCUT2D eigenvalue weighted by atomic mass is 79.9. The summed E-state index contributed by atoms with van der Waals surface area (Å²) >= 11 is 15.3. The minimum atomic E-state index is 0.296. The van der Waals surface area contributed by atoms with Gasteiger partial charge in [-0.2, -0.15) is 0 Å². The fourth-order valence-corrected chi connectivity index (χ4v) is 2.64. The zero-order chi connectivity index (χ0) is 11.3. The number of aromatic nitrogens is 2. The molecule has 16 heavy (non-hydrogen) atoms. The van der Waals surface area contributed by atoms with Crippen LogP contribution in [-0.4, -0.2) is 9.97 Å². The molecule has 80 valence electrons. The van der Waals surface area contributed by atoms with Crippen molar-refractivity contribution in [1.29, 1.82) is 0 Å². The lowest BCUT2D eigenvalue weighted by Gasteiger charge is -1.93. The molecule has 0 aliphatic rings. The molecular weight excluding hydrogens is 315 g/mol. The van der Waals surface area contributed by atoms with E-state index in [1.54, 1.807) is 12.1 Å². The van der Waals surface area contributed by atoms with Gasteiger partial charge < -0.3 is 4.42 Å². The zero-order valence-corrected chi connectivity index (χ0v) is 10.8. The van der Waals surface area contributed by atoms with Gasteiger partial charge in [0.2, 0.25) is 0 Å². The summed E-state index contributed by atoms with van der Waals surface area (Å²) < 4.78 is 6.37. The Morgan fingerprint density at radius 2 is 1.94 bits per heavy atom. The number of hydrogen-bond acceptors (Lipinski definition) is 3. The molecule has 3 rings (SSSR count). The van der Waals surface area contributed by atoms with Crippen LogP contribution in [0.2, 0.25) is 10.2 Å². The van der Waals surface area contributed by atoms with Crippen molar-refractivity contribution in [1.82, 2.24) is 9.97 Å². The van der Waals surface area contributed by atoms with E-state index in [2.05, 4.69) is 25.9 Å². The van der Waals surface area contributed by atoms with Crippen molar-refractivity contribution in [3.63, 3.8) is 0 Å². The van der Waals surface area contributed by atoms with E-state index >= 15 is 0 Å². The third-order valence-electron chi connectivity index (χ3n) is 2.23. The predicted molar refractivity (Wildman–Crippen MR) is 67.0 cm³/mol. The van der Waals surface area contributed by atoms with Gasteiger partial charge in [0.05, 0.1) is 4.47 Å². The summed E-state index contributed by atoms with van der Waals surface area (Å²) in [6.45, 7) is 0. The van der Waals surface area contributed by atoms with Crippen LogP contribution in [0.5, 0.6) is 0 Å². The van der Waals surface area contributed by atoms with Gasteiger partial charge in [-0.3, -0.25) is 0 Å². The maximum Gasteiger partial charge on any atom is 0.191 e. The molecule has 0 radical (unpaired) electrons. The first-order valence-corrected chi connectivity index (χ1v) is 5.89. The standard InChI is InChI=1S/C10H3BrCl2N2O/c11-6-2-4(12)1-5-7-9(16-8(5)6)10(13)15-3-14-7/h1-3H. The minimum Gasteiger partial charge on any atom is -0.450 e. The molecule has 0 fully saturated rings. The molecule has 0 aliphatic heterocycles. The van der Waals surface area contributed by atoms with E-state index in [-0.39, 0.29) is 0 Å². The number of furan rings is 1. The van der Waals surface area contributed by atoms with Gasteiger partial charge in [-0.1, -0.05) is 23.2 Å². The van der Waals surface area contributed by atoms with Crippen molar-refractivity contribution < 1.29 is 4.42 Å². The molecule has 2 heterocycles. The summed E-state index contributed by atoms with van der Waals surface area (Å²) in [6, 6.07) is 3.55. The van der Waals surface area contributed by atoms with Crippen molar-refractivity contribution in [2.45, 2.75) is 0 Å². The summed E-state index contributed by atoms with van der Waals surface area (Å²) in [5.74, 6) is 0. The molecule has 3 nitrogen and oxygen atoms in total. The second kappa shape index (κ2) is 3.58. The van der Waals surface area contributed by atoms with Crippen molar-refractivity contribution in [3.8, 4) is 0 Å². The Morgan fingerprint density at radius 1 is 1.12 bits per heavy atom. The third-order valence-corrected chi connectivity index (χ3v) is 3.30. The highest BCUT2D eigenvalue weighted by Gasteiger charge is 2.14. The molecule has 0 aliphatic carbocycles. The van der Waals surface area contributed by atoms with E-state index in [9.17, 15) is 0 Å². The molecule has 6 heteroatoms. The first-order chi connectivity index (χ1) is 7.66. The van der Waals surface area contributed by atoms with Crippen LogP contribution in [-0.2, 0) is 0 Å². The van der Waals surface area contributed by atoms with E-state index in [1.165, 1.54) is 6.33 Å². The molecule has 0 amide bonds. The van der Waals surface area contributed by atoms with Gasteiger partial charge in [0, 0.05) is 10.4 Å². The van der Waals surface area contributed by atoms with E-state index in [1.807, 2.05) is 0 Å². The normalized spacial score (nSPS) is 11.4. The molecule has 0 unspecified atom stereocenters. The van der Waals surface area contributed by atoms with Crippen molar-refractivity contribution >= 4 is 61.2 Å². The van der Waals surface area contributed by atoms with Crippen LogP contribution in [0.25, 0.3) is 22.1 Å². The number of nitrogens with zero attached hydrogens (tertiary/aromatic N) is 2. The SMILES string of the molecule is Clc1cc(Br)c2oc3c(Cl)ncnc3c2c1. The van der Waals surface area contributed by atoms with Crippen LogP contribution in [0.3, 0.4) is 0 Å². The summed E-state index contributed by atoms with van der Waals surface area (Å²) in [4.78, 5) is 8.01. The highest BCUT2D eigenvalue weighted by Crippen LogP contribution is 2.36. The lowest BCUT2D eigenvalue weighted by Crippen LogP contribution is -1.78. The maximum absolute atomic E-state index is 5.97. The number of fused-ring (bicyclic) bond motifs is 3. The van der Waals surface area contributed by atoms with Gasteiger partial charge in [0.25, 0.3) is 0 Å². The molecule has 0 saturated carbocycles. The van der Waals surface area contributed by atoms with E-state index < -0.39 is 0 Å². The Kier molecular flexibility index (Phi) is 2.31. The first-order valence-electron chi connectivity index (χ1n) is 4.34. The van der Waals surface area contributed by atoms with Gasteiger partial charge in [-0.15, -0.1) is 0 Å². The Morgan fingerprint density at radius 3 is 2.75 bits per heavy atom. The third kappa shape index (κ3) is 1.41. The van der Waals surface area contributed by atoms with Crippen molar-refractivity contribution in [3.05, 3.63) is 33.1 Å².